The van der Waals surface area contributed by atoms with Crippen LogP contribution < -0.4 is 21.7 Å². The molecule has 9 nitrogen and oxygen atoms in total. The van der Waals surface area contributed by atoms with Gasteiger partial charge in [-0.05, 0) is 42.6 Å². The lowest BCUT2D eigenvalue weighted by Crippen LogP contribution is -2.55. The van der Waals surface area contributed by atoms with Crippen LogP contribution in [0.4, 0.5) is 0 Å². The first-order valence-electron chi connectivity index (χ1n) is 13.6. The van der Waals surface area contributed by atoms with E-state index >= 15 is 0 Å². The summed E-state index contributed by atoms with van der Waals surface area (Å²) in [5.41, 5.74) is 8.24. The Hall–Kier alpha value is -4.60. The highest BCUT2D eigenvalue weighted by molar-refractivity contribution is 5.99. The number of aromatic nitrogens is 1. The maximum absolute atomic E-state index is 13.4. The van der Waals surface area contributed by atoms with Gasteiger partial charge in [-0.25, -0.2) is 4.98 Å². The molecule has 0 bridgehead atoms. The van der Waals surface area contributed by atoms with E-state index in [4.69, 9.17) is 5.73 Å². The summed E-state index contributed by atoms with van der Waals surface area (Å²) in [5.74, 6) is -1.98. The van der Waals surface area contributed by atoms with E-state index in [1.165, 1.54) is 5.56 Å². The van der Waals surface area contributed by atoms with Crippen LogP contribution in [0, 0.1) is 0 Å². The minimum absolute atomic E-state index is 0.106. The van der Waals surface area contributed by atoms with Crippen molar-refractivity contribution >= 4 is 28.6 Å². The molecule has 0 saturated carbocycles. The molecule has 4 rings (SSSR count). The van der Waals surface area contributed by atoms with Crippen LogP contribution in [-0.2, 0) is 22.4 Å². The first kappa shape index (κ1) is 29.4. The van der Waals surface area contributed by atoms with Gasteiger partial charge in [0.05, 0.1) is 24.1 Å². The van der Waals surface area contributed by atoms with E-state index in [0.717, 1.165) is 17.4 Å². The highest BCUT2D eigenvalue weighted by Gasteiger charge is 2.29. The van der Waals surface area contributed by atoms with Crippen molar-refractivity contribution in [3.63, 3.8) is 0 Å². The van der Waals surface area contributed by atoms with E-state index in [1.807, 2.05) is 78.9 Å². The number of primary amides is 1. The molecular weight excluding hydrogens is 518 g/mol. The van der Waals surface area contributed by atoms with Crippen molar-refractivity contribution < 1.29 is 19.5 Å². The average Bonchev–Trinajstić information content (AvgIpc) is 2.99. The monoisotopic (exact) mass is 553 g/mol. The molecule has 9 heteroatoms. The SMILES string of the molecule is NC(=O)CC(NC(=O)c1ccc2ccccc2n1)C(=O)NC(Cc1ccccc1)C(O)CNCCc1ccccc1. The summed E-state index contributed by atoms with van der Waals surface area (Å²) in [5, 5.41) is 20.6. The molecule has 3 atom stereocenters. The fraction of sp³-hybridized carbons (Fsp3) is 0.250. The van der Waals surface area contributed by atoms with Gasteiger partial charge in [0.25, 0.3) is 5.91 Å². The molecule has 0 aliphatic heterocycles. The van der Waals surface area contributed by atoms with Crippen molar-refractivity contribution in [2.24, 2.45) is 5.73 Å². The Bertz CT molecular complexity index is 1450. The van der Waals surface area contributed by atoms with Gasteiger partial charge in [0.2, 0.25) is 11.8 Å². The normalized spacial score (nSPS) is 13.2. The number of carbonyl (C=O) groups excluding carboxylic acids is 3. The molecule has 4 aromatic rings. The first-order valence-corrected chi connectivity index (χ1v) is 13.6. The Balaban J connectivity index is 1.43. The van der Waals surface area contributed by atoms with E-state index in [0.29, 0.717) is 18.5 Å². The summed E-state index contributed by atoms with van der Waals surface area (Å²) in [6.07, 6.45) is -0.215. The highest BCUT2D eigenvalue weighted by atomic mass is 16.3. The molecule has 3 unspecified atom stereocenters. The number of para-hydroxylation sites is 1. The third kappa shape index (κ3) is 8.96. The van der Waals surface area contributed by atoms with Gasteiger partial charge >= 0.3 is 0 Å². The fourth-order valence-corrected chi connectivity index (χ4v) is 4.54. The van der Waals surface area contributed by atoms with Gasteiger partial charge in [0.1, 0.15) is 11.7 Å². The number of nitrogens with zero attached hydrogens (tertiary/aromatic N) is 1. The Kier molecular flexibility index (Phi) is 10.5. The summed E-state index contributed by atoms with van der Waals surface area (Å²) in [6.45, 7) is 0.880. The molecule has 0 aliphatic carbocycles. The Morgan fingerprint density at radius 3 is 2.17 bits per heavy atom. The summed E-state index contributed by atoms with van der Waals surface area (Å²) >= 11 is 0. The molecule has 0 spiro atoms. The van der Waals surface area contributed by atoms with Crippen molar-refractivity contribution in [3.05, 3.63) is 114 Å². The standard InChI is InChI=1S/C32H35N5O4/c33-30(39)20-28(37-31(40)26-16-15-24-13-7-8-14-25(24)35-26)32(41)36-27(19-23-11-5-2-6-12-23)29(38)21-34-18-17-22-9-3-1-4-10-22/h1-16,27-29,34,38H,17-21H2,(H2,33,39)(H,36,41)(H,37,40). The zero-order chi connectivity index (χ0) is 29.0. The molecule has 41 heavy (non-hydrogen) atoms. The lowest BCUT2D eigenvalue weighted by Gasteiger charge is -2.27. The van der Waals surface area contributed by atoms with E-state index in [9.17, 15) is 19.5 Å². The van der Waals surface area contributed by atoms with Crippen LogP contribution in [0.2, 0.25) is 0 Å². The Morgan fingerprint density at radius 1 is 0.805 bits per heavy atom. The molecule has 0 fully saturated rings. The number of hydrogen-bond donors (Lipinski definition) is 5. The second kappa shape index (κ2) is 14.7. The number of pyridine rings is 1. The van der Waals surface area contributed by atoms with Gasteiger partial charge in [0, 0.05) is 11.9 Å². The minimum Gasteiger partial charge on any atom is -0.390 e. The van der Waals surface area contributed by atoms with Gasteiger partial charge in [-0.3, -0.25) is 14.4 Å². The summed E-state index contributed by atoms with van der Waals surface area (Å²) in [6, 6.07) is 28.2. The predicted molar refractivity (Wildman–Crippen MR) is 158 cm³/mol. The number of nitrogens with one attached hydrogen (secondary N) is 3. The molecule has 0 aliphatic rings. The summed E-state index contributed by atoms with van der Waals surface area (Å²) in [4.78, 5) is 42.6. The molecule has 0 radical (unpaired) electrons. The summed E-state index contributed by atoms with van der Waals surface area (Å²) in [7, 11) is 0. The maximum atomic E-state index is 13.4. The van der Waals surface area contributed by atoms with Crippen LogP contribution in [0.25, 0.3) is 10.9 Å². The number of amides is 3. The van der Waals surface area contributed by atoms with E-state index < -0.39 is 42.3 Å². The zero-order valence-corrected chi connectivity index (χ0v) is 22.7. The van der Waals surface area contributed by atoms with Crippen LogP contribution >= 0.6 is 0 Å². The van der Waals surface area contributed by atoms with E-state index in [2.05, 4.69) is 20.9 Å². The third-order valence-electron chi connectivity index (χ3n) is 6.74. The number of rotatable bonds is 14. The molecule has 1 aromatic heterocycles. The topological polar surface area (TPSA) is 146 Å². The van der Waals surface area contributed by atoms with Crippen LogP contribution in [-0.4, -0.2) is 59.1 Å². The molecular formula is C32H35N5O4. The van der Waals surface area contributed by atoms with E-state index in [-0.39, 0.29) is 12.2 Å². The molecule has 1 heterocycles. The number of fused-ring (bicyclic) bond motifs is 1. The number of carbonyl (C=O) groups is 3. The molecule has 0 saturated heterocycles. The van der Waals surface area contributed by atoms with Crippen molar-refractivity contribution in [2.45, 2.75) is 37.5 Å². The van der Waals surface area contributed by atoms with E-state index in [1.54, 1.807) is 18.2 Å². The first-order chi connectivity index (χ1) is 19.9. The number of benzene rings is 3. The average molecular weight is 554 g/mol. The van der Waals surface area contributed by atoms with Gasteiger partial charge < -0.3 is 26.8 Å². The lowest BCUT2D eigenvalue weighted by atomic mass is 10.00. The van der Waals surface area contributed by atoms with Crippen molar-refractivity contribution in [3.8, 4) is 0 Å². The lowest BCUT2D eigenvalue weighted by molar-refractivity contribution is -0.128. The fourth-order valence-electron chi connectivity index (χ4n) is 4.54. The number of aliphatic hydroxyl groups excluding tert-OH is 1. The Morgan fingerprint density at radius 2 is 1.46 bits per heavy atom. The molecule has 3 aromatic carbocycles. The van der Waals surface area contributed by atoms with Crippen molar-refractivity contribution in [1.82, 2.24) is 20.9 Å². The van der Waals surface area contributed by atoms with Crippen LogP contribution in [0.1, 0.15) is 28.0 Å². The smallest absolute Gasteiger partial charge is 0.270 e. The second-order valence-electron chi connectivity index (χ2n) is 9.90. The van der Waals surface area contributed by atoms with Gasteiger partial charge in [-0.1, -0.05) is 84.9 Å². The molecule has 212 valence electrons. The summed E-state index contributed by atoms with van der Waals surface area (Å²) < 4.78 is 0. The van der Waals surface area contributed by atoms with Crippen molar-refractivity contribution in [2.75, 3.05) is 13.1 Å². The van der Waals surface area contributed by atoms with Crippen LogP contribution in [0.5, 0.6) is 0 Å². The quantitative estimate of drug-likeness (QED) is 0.151. The predicted octanol–water partition coefficient (Wildman–Crippen LogP) is 2.13. The Labute approximate surface area is 239 Å². The maximum Gasteiger partial charge on any atom is 0.270 e. The van der Waals surface area contributed by atoms with Crippen LogP contribution in [0.3, 0.4) is 0 Å². The largest absolute Gasteiger partial charge is 0.390 e. The highest BCUT2D eigenvalue weighted by Crippen LogP contribution is 2.12. The van der Waals surface area contributed by atoms with Gasteiger partial charge in [-0.15, -0.1) is 0 Å². The van der Waals surface area contributed by atoms with Gasteiger partial charge in [0.15, 0.2) is 0 Å². The number of aliphatic hydroxyl groups is 1. The second-order valence-corrected chi connectivity index (χ2v) is 9.90. The number of nitrogens with two attached hydrogens (primary N) is 1. The van der Waals surface area contributed by atoms with Crippen molar-refractivity contribution in [1.29, 1.82) is 0 Å². The molecule has 6 N–H and O–H groups in total. The van der Waals surface area contributed by atoms with Gasteiger partial charge in [-0.2, -0.15) is 0 Å². The third-order valence-corrected chi connectivity index (χ3v) is 6.74. The zero-order valence-electron chi connectivity index (χ0n) is 22.7. The number of hydrogen-bond acceptors (Lipinski definition) is 6. The van der Waals surface area contributed by atoms with Crippen LogP contribution in [0.15, 0.2) is 97.1 Å². The molecule has 3 amide bonds. The minimum atomic E-state index is -1.25.